The Bertz CT molecular complexity index is 550. The van der Waals surface area contributed by atoms with Crippen molar-refractivity contribution in [1.82, 2.24) is 15.2 Å². The Hall–Kier alpha value is -1.88. The number of piperidine rings is 1. The highest BCUT2D eigenvalue weighted by atomic mass is 15.4. The molecule has 0 radical (unpaired) electrons. The zero-order valence-electron chi connectivity index (χ0n) is 11.8. The summed E-state index contributed by atoms with van der Waals surface area (Å²) in [5, 5.41) is 7.36. The van der Waals surface area contributed by atoms with Crippen LogP contribution in [0, 0.1) is 5.92 Å². The van der Waals surface area contributed by atoms with Gasteiger partial charge in [0.2, 0.25) is 5.95 Å². The van der Waals surface area contributed by atoms with E-state index in [0.29, 0.717) is 5.92 Å². The van der Waals surface area contributed by atoms with Gasteiger partial charge in [0.05, 0.1) is 0 Å². The smallest absolute Gasteiger partial charge is 0.244 e. The summed E-state index contributed by atoms with van der Waals surface area (Å²) in [4.78, 5) is 6.77. The van der Waals surface area contributed by atoms with Crippen molar-refractivity contribution in [2.24, 2.45) is 11.7 Å². The molecule has 2 unspecified atom stereocenters. The molecule has 3 N–H and O–H groups in total. The molecule has 0 aliphatic carbocycles. The van der Waals surface area contributed by atoms with Gasteiger partial charge in [-0.15, -0.1) is 5.10 Å². The Morgan fingerprint density at radius 3 is 2.90 bits per heavy atom. The third-order valence-electron chi connectivity index (χ3n) is 4.03. The number of aromatic amines is 1. The number of benzene rings is 1. The Kier molecular flexibility index (Phi) is 3.69. The van der Waals surface area contributed by atoms with Gasteiger partial charge < -0.3 is 10.6 Å². The highest BCUT2D eigenvalue weighted by molar-refractivity contribution is 5.31. The maximum Gasteiger partial charge on any atom is 0.244 e. The van der Waals surface area contributed by atoms with Crippen molar-refractivity contribution in [1.29, 1.82) is 0 Å². The second-order valence-corrected chi connectivity index (χ2v) is 5.62. The molecule has 1 aromatic carbocycles. The number of nitrogens with two attached hydrogens (primary N) is 1. The van der Waals surface area contributed by atoms with Crippen LogP contribution in [0.1, 0.15) is 24.7 Å². The van der Waals surface area contributed by atoms with Gasteiger partial charge in [-0.25, -0.2) is 0 Å². The highest BCUT2D eigenvalue weighted by Gasteiger charge is 2.25. The van der Waals surface area contributed by atoms with Crippen LogP contribution in [0.4, 0.5) is 5.95 Å². The summed E-state index contributed by atoms with van der Waals surface area (Å²) in [5.74, 6) is 2.26. The molecule has 0 bridgehead atoms. The fourth-order valence-electron chi connectivity index (χ4n) is 2.58. The Balaban J connectivity index is 1.68. The van der Waals surface area contributed by atoms with Crippen LogP contribution < -0.4 is 10.6 Å². The summed E-state index contributed by atoms with van der Waals surface area (Å²) in [6.45, 7) is 4.03. The maximum absolute atomic E-state index is 6.13. The molecule has 5 nitrogen and oxygen atoms in total. The summed E-state index contributed by atoms with van der Waals surface area (Å²) < 4.78 is 0. The lowest BCUT2D eigenvalue weighted by Gasteiger charge is -2.34. The fraction of sp³-hybridized carbons (Fsp3) is 0.467. The number of hydrogen-bond acceptors (Lipinski definition) is 4. The van der Waals surface area contributed by atoms with Crippen LogP contribution in [0.25, 0.3) is 0 Å². The molecule has 106 valence electrons. The summed E-state index contributed by atoms with van der Waals surface area (Å²) in [7, 11) is 0. The molecule has 1 aliphatic rings. The van der Waals surface area contributed by atoms with Crippen molar-refractivity contribution in [3.8, 4) is 0 Å². The summed E-state index contributed by atoms with van der Waals surface area (Å²) >= 11 is 0. The van der Waals surface area contributed by atoms with Crippen molar-refractivity contribution in [2.75, 3.05) is 18.0 Å². The minimum atomic E-state index is 0.208. The first-order valence-corrected chi connectivity index (χ1v) is 7.18. The van der Waals surface area contributed by atoms with Gasteiger partial charge in [0.25, 0.3) is 0 Å². The zero-order chi connectivity index (χ0) is 13.9. The Morgan fingerprint density at radius 1 is 1.35 bits per heavy atom. The van der Waals surface area contributed by atoms with Gasteiger partial charge in [-0.2, -0.15) is 4.98 Å². The molecule has 2 heterocycles. The van der Waals surface area contributed by atoms with Crippen LogP contribution in [0.2, 0.25) is 0 Å². The van der Waals surface area contributed by atoms with Gasteiger partial charge in [0.15, 0.2) is 0 Å². The van der Waals surface area contributed by atoms with E-state index in [1.807, 2.05) is 18.2 Å². The number of hydrogen-bond donors (Lipinski definition) is 2. The molecular formula is C15H21N5. The quantitative estimate of drug-likeness (QED) is 0.889. The average Bonchev–Trinajstić information content (AvgIpc) is 2.91. The molecule has 3 rings (SSSR count). The topological polar surface area (TPSA) is 70.8 Å². The molecule has 1 saturated heterocycles. The first-order valence-electron chi connectivity index (χ1n) is 7.18. The largest absolute Gasteiger partial charge is 0.338 e. The second-order valence-electron chi connectivity index (χ2n) is 5.62. The Labute approximate surface area is 119 Å². The van der Waals surface area contributed by atoms with E-state index in [4.69, 9.17) is 5.73 Å². The van der Waals surface area contributed by atoms with Crippen LogP contribution in [0.3, 0.4) is 0 Å². The lowest BCUT2D eigenvalue weighted by molar-refractivity contribution is 0.376. The number of anilines is 1. The molecule has 1 fully saturated rings. The fourth-order valence-corrected chi connectivity index (χ4v) is 2.58. The molecule has 2 atom stereocenters. The van der Waals surface area contributed by atoms with Crippen molar-refractivity contribution in [3.63, 3.8) is 0 Å². The lowest BCUT2D eigenvalue weighted by Crippen LogP contribution is -2.48. The van der Waals surface area contributed by atoms with Gasteiger partial charge in [-0.1, -0.05) is 37.3 Å². The molecule has 20 heavy (non-hydrogen) atoms. The van der Waals surface area contributed by atoms with E-state index in [2.05, 4.69) is 39.1 Å². The number of nitrogens with one attached hydrogen (secondary N) is 1. The molecule has 2 aromatic rings. The number of aromatic nitrogens is 3. The van der Waals surface area contributed by atoms with E-state index in [1.165, 1.54) is 5.56 Å². The number of nitrogens with zero attached hydrogens (tertiary/aromatic N) is 3. The van der Waals surface area contributed by atoms with E-state index < -0.39 is 0 Å². The highest BCUT2D eigenvalue weighted by Crippen LogP contribution is 2.19. The summed E-state index contributed by atoms with van der Waals surface area (Å²) in [6.07, 6.45) is 1.88. The third-order valence-corrected chi connectivity index (χ3v) is 4.03. The van der Waals surface area contributed by atoms with E-state index >= 15 is 0 Å². The van der Waals surface area contributed by atoms with Crippen LogP contribution in [0.5, 0.6) is 0 Å². The van der Waals surface area contributed by atoms with E-state index in [9.17, 15) is 0 Å². The molecule has 5 heteroatoms. The molecule has 1 aromatic heterocycles. The van der Waals surface area contributed by atoms with Crippen LogP contribution in [0.15, 0.2) is 30.3 Å². The van der Waals surface area contributed by atoms with E-state index in [-0.39, 0.29) is 6.04 Å². The zero-order valence-corrected chi connectivity index (χ0v) is 11.8. The summed E-state index contributed by atoms with van der Waals surface area (Å²) in [6, 6.07) is 10.5. The summed E-state index contributed by atoms with van der Waals surface area (Å²) in [5.41, 5.74) is 7.36. The third kappa shape index (κ3) is 2.82. The van der Waals surface area contributed by atoms with Crippen LogP contribution in [-0.4, -0.2) is 34.3 Å². The van der Waals surface area contributed by atoms with Gasteiger partial charge in [-0.3, -0.25) is 5.10 Å². The van der Waals surface area contributed by atoms with Gasteiger partial charge >= 0.3 is 0 Å². The maximum atomic E-state index is 6.13. The predicted molar refractivity (Wildman–Crippen MR) is 79.6 cm³/mol. The first kappa shape index (κ1) is 13.1. The average molecular weight is 271 g/mol. The van der Waals surface area contributed by atoms with Crippen molar-refractivity contribution in [3.05, 3.63) is 41.7 Å². The van der Waals surface area contributed by atoms with E-state index in [1.54, 1.807) is 0 Å². The van der Waals surface area contributed by atoms with Crippen LogP contribution in [-0.2, 0) is 6.42 Å². The molecule has 1 aliphatic heterocycles. The van der Waals surface area contributed by atoms with Gasteiger partial charge in [0.1, 0.15) is 5.82 Å². The normalized spacial score (nSPS) is 23.0. The lowest BCUT2D eigenvalue weighted by atomic mass is 9.95. The standard InChI is InChI=1S/C15H21N5/c1-11-7-8-20(10-13(11)16)15-17-14(18-19-15)9-12-5-3-2-4-6-12/h2-6,11,13H,7-10,16H2,1H3,(H,17,18,19). The minimum absolute atomic E-state index is 0.208. The predicted octanol–water partition coefficient (Wildman–Crippen LogP) is 1.57. The molecule has 0 amide bonds. The SMILES string of the molecule is CC1CCN(c2n[nH]c(Cc3ccccc3)n2)CC1N. The van der Waals surface area contributed by atoms with E-state index in [0.717, 1.165) is 37.7 Å². The number of H-pyrrole nitrogens is 1. The first-order chi connectivity index (χ1) is 9.72. The van der Waals surface area contributed by atoms with Crippen molar-refractivity contribution < 1.29 is 0 Å². The Morgan fingerprint density at radius 2 is 2.15 bits per heavy atom. The molecular weight excluding hydrogens is 250 g/mol. The van der Waals surface area contributed by atoms with Gasteiger partial charge in [-0.05, 0) is 17.9 Å². The monoisotopic (exact) mass is 271 g/mol. The van der Waals surface area contributed by atoms with Crippen molar-refractivity contribution in [2.45, 2.75) is 25.8 Å². The van der Waals surface area contributed by atoms with Gasteiger partial charge in [0, 0.05) is 25.6 Å². The second kappa shape index (κ2) is 5.63. The minimum Gasteiger partial charge on any atom is -0.338 e. The van der Waals surface area contributed by atoms with Crippen molar-refractivity contribution >= 4 is 5.95 Å². The number of rotatable bonds is 3. The molecule has 0 spiro atoms. The molecule has 0 saturated carbocycles. The van der Waals surface area contributed by atoms with Crippen LogP contribution >= 0.6 is 0 Å².